The molecule has 1 atom stereocenters. The van der Waals surface area contributed by atoms with Crippen LogP contribution in [0.1, 0.15) is 22.3 Å². The molecule has 0 fully saturated rings. The monoisotopic (exact) mass is 442 g/mol. The third kappa shape index (κ3) is 7.07. The Bertz CT molecular complexity index is 799. The molecule has 0 aliphatic rings. The number of carbonyl (C=O) groups excluding carboxylic acids is 2. The van der Waals surface area contributed by atoms with Gasteiger partial charge in [-0.1, -0.05) is 71.7 Å². The maximum Gasteiger partial charge on any atom is 0.253 e. The highest BCUT2D eigenvalue weighted by molar-refractivity contribution is 6.53. The fourth-order valence-electron chi connectivity index (χ4n) is 2.68. The van der Waals surface area contributed by atoms with Gasteiger partial charge in [-0.05, 0) is 29.7 Å². The van der Waals surface area contributed by atoms with Crippen molar-refractivity contribution in [1.82, 2.24) is 10.6 Å². The molecule has 1 amide bonds. The molecule has 4 nitrogen and oxygen atoms in total. The molecule has 0 saturated heterocycles. The normalized spacial score (nSPS) is 12.0. The van der Waals surface area contributed by atoms with E-state index in [1.54, 1.807) is 24.3 Å². The smallest absolute Gasteiger partial charge is 0.253 e. The quantitative estimate of drug-likeness (QED) is 0.310. The second kappa shape index (κ2) is 11.9. The van der Waals surface area contributed by atoms with Gasteiger partial charge in [0.2, 0.25) is 0 Å². The fraction of sp³-hybridized carbons (Fsp3) is 0.333. The third-order valence-corrected chi connectivity index (χ3v) is 4.65. The number of ketones is 1. The van der Waals surface area contributed by atoms with Crippen molar-refractivity contribution in [3.8, 4) is 11.1 Å². The van der Waals surface area contributed by atoms with Gasteiger partial charge in [0.15, 0.2) is 10.6 Å². The standard InChI is InChI=1S/C21H22Cl2F2N2O2/c22-20(23)21(29)27-18(12-25)19(28)17-8-6-16(7-9-17)15-4-2-14(3-5-15)13-26-11-1-10-24/h2-9,18,20,26H,1,10-13H2,(H,27,29). The van der Waals surface area contributed by atoms with Crippen molar-refractivity contribution in [1.29, 1.82) is 0 Å². The molecule has 2 rings (SSSR count). The van der Waals surface area contributed by atoms with Crippen LogP contribution in [0.25, 0.3) is 11.1 Å². The van der Waals surface area contributed by atoms with Crippen LogP contribution in [0.5, 0.6) is 0 Å². The van der Waals surface area contributed by atoms with Gasteiger partial charge in [0.1, 0.15) is 12.7 Å². The highest BCUT2D eigenvalue weighted by Crippen LogP contribution is 2.21. The van der Waals surface area contributed by atoms with E-state index in [-0.39, 0.29) is 12.2 Å². The molecule has 2 N–H and O–H groups in total. The van der Waals surface area contributed by atoms with Gasteiger partial charge in [0.25, 0.3) is 5.91 Å². The number of nitrogens with one attached hydrogen (secondary N) is 2. The zero-order valence-electron chi connectivity index (χ0n) is 15.6. The fourth-order valence-corrected chi connectivity index (χ4v) is 2.80. The summed E-state index contributed by atoms with van der Waals surface area (Å²) in [6, 6.07) is 13.2. The number of Topliss-reactive ketones (excluding diaryl/α,β-unsaturated/α-hetero) is 1. The molecule has 0 spiro atoms. The molecule has 0 aliphatic carbocycles. The minimum absolute atomic E-state index is 0.270. The average molecular weight is 443 g/mol. The summed E-state index contributed by atoms with van der Waals surface area (Å²) < 4.78 is 25.3. The van der Waals surface area contributed by atoms with Crippen molar-refractivity contribution in [3.05, 3.63) is 59.7 Å². The molecular weight excluding hydrogens is 421 g/mol. The number of rotatable bonds is 11. The summed E-state index contributed by atoms with van der Waals surface area (Å²) in [5.41, 5.74) is 3.20. The van der Waals surface area contributed by atoms with Crippen molar-refractivity contribution < 1.29 is 18.4 Å². The van der Waals surface area contributed by atoms with E-state index >= 15 is 0 Å². The number of hydrogen-bond acceptors (Lipinski definition) is 3. The average Bonchev–Trinajstić information content (AvgIpc) is 2.75. The van der Waals surface area contributed by atoms with Gasteiger partial charge in [-0.15, -0.1) is 0 Å². The Kier molecular flexibility index (Phi) is 9.51. The summed E-state index contributed by atoms with van der Waals surface area (Å²) in [4.78, 5) is 22.5. The molecule has 156 valence electrons. The summed E-state index contributed by atoms with van der Waals surface area (Å²) >= 11 is 10.8. The number of benzene rings is 2. The second-order valence-electron chi connectivity index (χ2n) is 6.37. The van der Waals surface area contributed by atoms with Gasteiger partial charge in [-0.3, -0.25) is 14.0 Å². The zero-order valence-corrected chi connectivity index (χ0v) is 17.1. The Morgan fingerprint density at radius 2 is 1.52 bits per heavy atom. The van der Waals surface area contributed by atoms with Gasteiger partial charge >= 0.3 is 0 Å². The number of hydrogen-bond donors (Lipinski definition) is 2. The van der Waals surface area contributed by atoms with Gasteiger partial charge in [0.05, 0.1) is 6.67 Å². The van der Waals surface area contributed by atoms with Crippen molar-refractivity contribution >= 4 is 34.9 Å². The van der Waals surface area contributed by atoms with E-state index in [9.17, 15) is 18.4 Å². The van der Waals surface area contributed by atoms with E-state index < -0.39 is 29.2 Å². The lowest BCUT2D eigenvalue weighted by Gasteiger charge is -2.15. The Morgan fingerprint density at radius 1 is 0.931 bits per heavy atom. The highest BCUT2D eigenvalue weighted by atomic mass is 35.5. The largest absolute Gasteiger partial charge is 0.341 e. The molecule has 29 heavy (non-hydrogen) atoms. The molecule has 0 bridgehead atoms. The Hall–Kier alpha value is -2.02. The zero-order chi connectivity index (χ0) is 21.2. The predicted molar refractivity (Wildman–Crippen MR) is 112 cm³/mol. The topological polar surface area (TPSA) is 58.2 Å². The molecule has 0 heterocycles. The Balaban J connectivity index is 2.01. The molecule has 0 radical (unpaired) electrons. The van der Waals surface area contributed by atoms with Crippen LogP contribution in [-0.2, 0) is 11.3 Å². The summed E-state index contributed by atoms with van der Waals surface area (Å²) in [7, 11) is 0. The SMILES string of the molecule is O=C(NC(CF)C(=O)c1ccc(-c2ccc(CNCCCF)cc2)cc1)C(Cl)Cl. The Morgan fingerprint density at radius 3 is 2.03 bits per heavy atom. The van der Waals surface area contributed by atoms with Gasteiger partial charge < -0.3 is 10.6 Å². The lowest BCUT2D eigenvalue weighted by Crippen LogP contribution is -2.44. The van der Waals surface area contributed by atoms with Crippen LogP contribution < -0.4 is 10.6 Å². The maximum absolute atomic E-state index is 13.2. The van der Waals surface area contributed by atoms with E-state index in [1.165, 1.54) is 0 Å². The van der Waals surface area contributed by atoms with E-state index in [1.807, 2.05) is 24.3 Å². The van der Waals surface area contributed by atoms with E-state index in [2.05, 4.69) is 10.6 Å². The number of alkyl halides is 4. The van der Waals surface area contributed by atoms with Gasteiger partial charge in [0, 0.05) is 12.1 Å². The van der Waals surface area contributed by atoms with Gasteiger partial charge in [-0.2, -0.15) is 0 Å². The number of amides is 1. The predicted octanol–water partition coefficient (Wildman–Crippen LogP) is 4.24. The molecule has 1 unspecified atom stereocenters. The lowest BCUT2D eigenvalue weighted by molar-refractivity contribution is -0.120. The van der Waals surface area contributed by atoms with Crippen LogP contribution in [-0.4, -0.2) is 42.5 Å². The molecule has 8 heteroatoms. The second-order valence-corrected chi connectivity index (χ2v) is 7.47. The molecular formula is C21H22Cl2F2N2O2. The minimum Gasteiger partial charge on any atom is -0.341 e. The lowest BCUT2D eigenvalue weighted by atomic mass is 9.99. The third-order valence-electron chi connectivity index (χ3n) is 4.26. The molecule has 2 aromatic carbocycles. The molecule has 0 saturated carbocycles. The Labute approximate surface area is 178 Å². The summed E-state index contributed by atoms with van der Waals surface area (Å²) in [5, 5.41) is 5.35. The van der Waals surface area contributed by atoms with Crippen molar-refractivity contribution in [2.75, 3.05) is 19.9 Å². The first-order chi connectivity index (χ1) is 14.0. The van der Waals surface area contributed by atoms with E-state index in [0.717, 1.165) is 16.7 Å². The molecule has 0 aliphatic heterocycles. The van der Waals surface area contributed by atoms with Crippen LogP contribution in [0.15, 0.2) is 48.5 Å². The molecule has 0 aromatic heterocycles. The van der Waals surface area contributed by atoms with Crippen LogP contribution >= 0.6 is 23.2 Å². The van der Waals surface area contributed by atoms with Crippen LogP contribution in [0, 0.1) is 0 Å². The first-order valence-corrected chi connectivity index (χ1v) is 9.98. The van der Waals surface area contributed by atoms with Gasteiger partial charge in [-0.25, -0.2) is 4.39 Å². The number of halogens is 4. The maximum atomic E-state index is 13.2. The first-order valence-electron chi connectivity index (χ1n) is 9.11. The summed E-state index contributed by atoms with van der Waals surface area (Å²) in [6.07, 6.45) is 0.494. The first kappa shape index (κ1) is 23.3. The van der Waals surface area contributed by atoms with Crippen molar-refractivity contribution in [2.45, 2.75) is 23.8 Å². The van der Waals surface area contributed by atoms with Crippen molar-refractivity contribution in [3.63, 3.8) is 0 Å². The van der Waals surface area contributed by atoms with Crippen LogP contribution in [0.3, 0.4) is 0 Å². The summed E-state index contributed by atoms with van der Waals surface area (Å²) in [6.45, 7) is -0.101. The van der Waals surface area contributed by atoms with Crippen LogP contribution in [0.2, 0.25) is 0 Å². The summed E-state index contributed by atoms with van der Waals surface area (Å²) in [5.74, 6) is -1.38. The van der Waals surface area contributed by atoms with E-state index in [0.29, 0.717) is 19.5 Å². The van der Waals surface area contributed by atoms with Crippen molar-refractivity contribution in [2.24, 2.45) is 0 Å². The number of carbonyl (C=O) groups is 2. The van der Waals surface area contributed by atoms with E-state index in [4.69, 9.17) is 23.2 Å². The van der Waals surface area contributed by atoms with Crippen LogP contribution in [0.4, 0.5) is 8.78 Å². The minimum atomic E-state index is -1.37. The highest BCUT2D eigenvalue weighted by Gasteiger charge is 2.24. The molecule has 2 aromatic rings.